The SMILES string of the molecule is CCc1cc2oc(=O)cc(CN3CCC(NC(=O)OC(C)(C)C)CC3)c2cc1Cl. The first-order chi connectivity index (χ1) is 13.6. The number of rotatable bonds is 4. The van der Waals surface area contributed by atoms with Crippen LogP contribution in [0.4, 0.5) is 4.79 Å². The molecule has 1 fully saturated rings. The van der Waals surface area contributed by atoms with Crippen molar-refractivity contribution in [1.29, 1.82) is 0 Å². The van der Waals surface area contributed by atoms with Crippen molar-refractivity contribution >= 4 is 28.7 Å². The number of aryl methyl sites for hydroxylation is 1. The number of hydrogen-bond donors (Lipinski definition) is 1. The van der Waals surface area contributed by atoms with Gasteiger partial charge in [-0.15, -0.1) is 0 Å². The van der Waals surface area contributed by atoms with Crippen molar-refractivity contribution in [3.63, 3.8) is 0 Å². The number of nitrogens with one attached hydrogen (secondary N) is 1. The lowest BCUT2D eigenvalue weighted by Gasteiger charge is -2.33. The van der Waals surface area contributed by atoms with Gasteiger partial charge in [-0.2, -0.15) is 0 Å². The molecule has 1 aliphatic heterocycles. The Labute approximate surface area is 176 Å². The van der Waals surface area contributed by atoms with E-state index in [4.69, 9.17) is 20.8 Å². The van der Waals surface area contributed by atoms with Crippen LogP contribution in [-0.2, 0) is 17.7 Å². The molecular formula is C22H29ClN2O4. The quantitative estimate of drug-likeness (QED) is 0.737. The summed E-state index contributed by atoms with van der Waals surface area (Å²) in [6, 6.07) is 5.40. The van der Waals surface area contributed by atoms with Crippen LogP contribution in [0.25, 0.3) is 11.0 Å². The van der Waals surface area contributed by atoms with Gasteiger partial charge in [-0.3, -0.25) is 4.90 Å². The molecule has 1 aliphatic rings. The van der Waals surface area contributed by atoms with Gasteiger partial charge in [0, 0.05) is 42.2 Å². The van der Waals surface area contributed by atoms with Gasteiger partial charge in [-0.05, 0) is 63.3 Å². The second-order valence-electron chi connectivity index (χ2n) is 8.58. The lowest BCUT2D eigenvalue weighted by Crippen LogP contribution is -2.45. The standard InChI is InChI=1S/C22H29ClN2O4/c1-5-14-10-19-17(12-18(14)23)15(11-20(26)28-19)13-25-8-6-16(7-9-25)24-21(27)29-22(2,3)4/h10-12,16H,5-9,13H2,1-4H3,(H,24,27). The normalized spacial score (nSPS) is 16.2. The molecule has 0 atom stereocenters. The topological polar surface area (TPSA) is 71.8 Å². The first kappa shape index (κ1) is 21.7. The van der Waals surface area contributed by atoms with Crippen LogP contribution in [0.5, 0.6) is 0 Å². The van der Waals surface area contributed by atoms with Gasteiger partial charge in [-0.25, -0.2) is 9.59 Å². The molecule has 0 spiro atoms. The van der Waals surface area contributed by atoms with E-state index in [9.17, 15) is 9.59 Å². The smallest absolute Gasteiger partial charge is 0.407 e. The molecule has 0 radical (unpaired) electrons. The molecular weight excluding hydrogens is 392 g/mol. The van der Waals surface area contributed by atoms with E-state index in [2.05, 4.69) is 10.2 Å². The summed E-state index contributed by atoms with van der Waals surface area (Å²) in [4.78, 5) is 26.3. The zero-order chi connectivity index (χ0) is 21.2. The number of carbonyl (C=O) groups is 1. The predicted octanol–water partition coefficient (Wildman–Crippen LogP) is 4.50. The molecule has 0 saturated carbocycles. The number of piperidine rings is 1. The highest BCUT2D eigenvalue weighted by atomic mass is 35.5. The third-order valence-electron chi connectivity index (χ3n) is 5.08. The molecule has 7 heteroatoms. The monoisotopic (exact) mass is 420 g/mol. The van der Waals surface area contributed by atoms with Crippen LogP contribution in [0.1, 0.15) is 51.7 Å². The number of carbonyl (C=O) groups excluding carboxylic acids is 1. The van der Waals surface area contributed by atoms with Crippen LogP contribution in [0.2, 0.25) is 5.02 Å². The van der Waals surface area contributed by atoms with Gasteiger partial charge in [0.05, 0.1) is 0 Å². The van der Waals surface area contributed by atoms with E-state index in [0.29, 0.717) is 17.2 Å². The number of amides is 1. The fourth-order valence-electron chi connectivity index (χ4n) is 3.64. The number of halogens is 1. The predicted molar refractivity (Wildman–Crippen MR) is 115 cm³/mol. The van der Waals surface area contributed by atoms with Gasteiger partial charge in [0.2, 0.25) is 0 Å². The summed E-state index contributed by atoms with van der Waals surface area (Å²) < 4.78 is 10.7. The Kier molecular flexibility index (Phi) is 6.54. The van der Waals surface area contributed by atoms with E-state index in [1.165, 1.54) is 0 Å². The zero-order valence-electron chi connectivity index (χ0n) is 17.5. The highest BCUT2D eigenvalue weighted by Crippen LogP contribution is 2.27. The molecule has 2 aromatic rings. The van der Waals surface area contributed by atoms with Gasteiger partial charge >= 0.3 is 11.7 Å². The number of likely N-dealkylation sites (tertiary alicyclic amines) is 1. The van der Waals surface area contributed by atoms with Crippen LogP contribution >= 0.6 is 11.6 Å². The van der Waals surface area contributed by atoms with Crippen LogP contribution in [0, 0.1) is 0 Å². The Morgan fingerprint density at radius 3 is 2.55 bits per heavy atom. The molecule has 1 aromatic carbocycles. The Balaban J connectivity index is 1.66. The summed E-state index contributed by atoms with van der Waals surface area (Å²) in [5.74, 6) is 0. The molecule has 6 nitrogen and oxygen atoms in total. The molecule has 0 aliphatic carbocycles. The maximum absolute atomic E-state index is 12.0. The molecule has 2 heterocycles. The minimum Gasteiger partial charge on any atom is -0.444 e. The van der Waals surface area contributed by atoms with Crippen LogP contribution < -0.4 is 10.9 Å². The Morgan fingerprint density at radius 1 is 1.24 bits per heavy atom. The fraction of sp³-hybridized carbons (Fsp3) is 0.545. The Hall–Kier alpha value is -2.05. The highest BCUT2D eigenvalue weighted by Gasteiger charge is 2.24. The van der Waals surface area contributed by atoms with Gasteiger partial charge in [0.1, 0.15) is 11.2 Å². The first-order valence-corrected chi connectivity index (χ1v) is 10.5. The number of hydrogen-bond acceptors (Lipinski definition) is 5. The number of alkyl carbamates (subject to hydrolysis) is 1. The second-order valence-corrected chi connectivity index (χ2v) is 8.99. The molecule has 29 heavy (non-hydrogen) atoms. The lowest BCUT2D eigenvalue weighted by atomic mass is 10.0. The largest absolute Gasteiger partial charge is 0.444 e. The van der Waals surface area contributed by atoms with Crippen molar-refractivity contribution < 1.29 is 13.9 Å². The minimum atomic E-state index is -0.501. The van der Waals surface area contributed by atoms with Crippen molar-refractivity contribution in [1.82, 2.24) is 10.2 Å². The van der Waals surface area contributed by atoms with Gasteiger partial charge < -0.3 is 14.5 Å². The van der Waals surface area contributed by atoms with E-state index in [-0.39, 0.29) is 17.8 Å². The third-order valence-corrected chi connectivity index (χ3v) is 5.43. The summed E-state index contributed by atoms with van der Waals surface area (Å²) >= 11 is 6.39. The number of nitrogens with zero attached hydrogens (tertiary/aromatic N) is 1. The average molecular weight is 421 g/mol. The van der Waals surface area contributed by atoms with Crippen LogP contribution in [0.15, 0.2) is 27.4 Å². The van der Waals surface area contributed by atoms with Crippen LogP contribution in [-0.4, -0.2) is 35.7 Å². The summed E-state index contributed by atoms with van der Waals surface area (Å²) in [6.45, 7) is 9.86. The van der Waals surface area contributed by atoms with Gasteiger partial charge in [0.25, 0.3) is 0 Å². The summed E-state index contributed by atoms with van der Waals surface area (Å²) in [5.41, 5.74) is 1.61. The molecule has 3 rings (SSSR count). The third kappa shape index (κ3) is 5.73. The van der Waals surface area contributed by atoms with E-state index in [0.717, 1.165) is 48.9 Å². The summed E-state index contributed by atoms with van der Waals surface area (Å²) in [7, 11) is 0. The molecule has 0 unspecified atom stereocenters. The molecule has 1 N–H and O–H groups in total. The Morgan fingerprint density at radius 2 is 1.93 bits per heavy atom. The molecule has 1 saturated heterocycles. The van der Waals surface area contributed by atoms with Crippen molar-refractivity contribution in [3.8, 4) is 0 Å². The fourth-order valence-corrected chi connectivity index (χ4v) is 3.94. The van der Waals surface area contributed by atoms with Gasteiger partial charge in [0.15, 0.2) is 0 Å². The molecule has 1 aromatic heterocycles. The molecule has 1 amide bonds. The molecule has 158 valence electrons. The average Bonchev–Trinajstić information content (AvgIpc) is 2.62. The van der Waals surface area contributed by atoms with Crippen molar-refractivity contribution in [2.75, 3.05) is 13.1 Å². The van der Waals surface area contributed by atoms with E-state index >= 15 is 0 Å². The minimum absolute atomic E-state index is 0.0974. The van der Waals surface area contributed by atoms with Crippen molar-refractivity contribution in [3.05, 3.63) is 44.8 Å². The van der Waals surface area contributed by atoms with Crippen molar-refractivity contribution in [2.45, 2.75) is 65.1 Å². The van der Waals surface area contributed by atoms with E-state index < -0.39 is 5.60 Å². The van der Waals surface area contributed by atoms with Gasteiger partial charge in [-0.1, -0.05) is 18.5 Å². The first-order valence-electron chi connectivity index (χ1n) is 10.1. The van der Waals surface area contributed by atoms with Crippen molar-refractivity contribution in [2.24, 2.45) is 0 Å². The number of fused-ring (bicyclic) bond motifs is 1. The zero-order valence-corrected chi connectivity index (χ0v) is 18.3. The summed E-state index contributed by atoms with van der Waals surface area (Å²) in [6.07, 6.45) is 2.07. The van der Waals surface area contributed by atoms with Crippen LogP contribution in [0.3, 0.4) is 0 Å². The maximum Gasteiger partial charge on any atom is 0.407 e. The second kappa shape index (κ2) is 8.76. The highest BCUT2D eigenvalue weighted by molar-refractivity contribution is 6.32. The Bertz CT molecular complexity index is 940. The number of ether oxygens (including phenoxy) is 1. The van der Waals surface area contributed by atoms with E-state index in [1.54, 1.807) is 6.07 Å². The lowest BCUT2D eigenvalue weighted by molar-refractivity contribution is 0.0477. The number of benzene rings is 1. The van der Waals surface area contributed by atoms with E-state index in [1.807, 2.05) is 39.8 Å². The molecule has 0 bridgehead atoms. The maximum atomic E-state index is 12.0. The summed E-state index contributed by atoms with van der Waals surface area (Å²) in [5, 5.41) is 4.51.